The Morgan fingerprint density at radius 3 is 2.60 bits per heavy atom. The maximum atomic E-state index is 14.2. The van der Waals surface area contributed by atoms with Crippen LogP contribution >= 0.6 is 11.3 Å². The van der Waals surface area contributed by atoms with Crippen molar-refractivity contribution in [2.45, 2.75) is 6.04 Å². The highest BCUT2D eigenvalue weighted by atomic mass is 32.1. The van der Waals surface area contributed by atoms with Gasteiger partial charge in [0.1, 0.15) is 11.6 Å². The number of hydrogen-bond acceptors (Lipinski definition) is 3. The summed E-state index contributed by atoms with van der Waals surface area (Å²) in [5, 5.41) is 5.29. The Labute approximate surface area is 121 Å². The van der Waals surface area contributed by atoms with Gasteiger partial charge in [-0.05, 0) is 17.5 Å². The number of nitrogens with zero attached hydrogens (tertiary/aromatic N) is 1. The zero-order valence-electron chi connectivity index (χ0n) is 11.0. The van der Waals surface area contributed by atoms with Crippen LogP contribution in [0.25, 0.3) is 0 Å². The summed E-state index contributed by atoms with van der Waals surface area (Å²) in [7, 11) is 0. The number of halogens is 2. The van der Waals surface area contributed by atoms with Crippen molar-refractivity contribution in [3.8, 4) is 0 Å². The van der Waals surface area contributed by atoms with Crippen LogP contribution in [0, 0.1) is 11.6 Å². The summed E-state index contributed by atoms with van der Waals surface area (Å²) in [5.74, 6) is -1.00. The Hall–Kier alpha value is -1.30. The van der Waals surface area contributed by atoms with E-state index >= 15 is 0 Å². The quantitative estimate of drug-likeness (QED) is 0.936. The molecule has 0 bridgehead atoms. The third-order valence-corrected chi connectivity index (χ3v) is 4.51. The molecule has 20 heavy (non-hydrogen) atoms. The first-order chi connectivity index (χ1) is 9.75. The molecule has 0 spiro atoms. The van der Waals surface area contributed by atoms with Gasteiger partial charge in [0, 0.05) is 42.7 Å². The monoisotopic (exact) mass is 294 g/mol. The lowest BCUT2D eigenvalue weighted by Gasteiger charge is -2.34. The molecule has 1 aliphatic rings. The van der Waals surface area contributed by atoms with Gasteiger partial charge in [0.2, 0.25) is 0 Å². The van der Waals surface area contributed by atoms with Gasteiger partial charge in [-0.2, -0.15) is 0 Å². The molecule has 5 heteroatoms. The Bertz CT molecular complexity index is 565. The first-order valence-corrected chi connectivity index (χ1v) is 7.57. The van der Waals surface area contributed by atoms with E-state index in [1.807, 2.05) is 17.5 Å². The average molecular weight is 294 g/mol. The largest absolute Gasteiger partial charge is 0.314 e. The molecule has 1 saturated heterocycles. The second-order valence-electron chi connectivity index (χ2n) is 4.87. The second-order valence-corrected chi connectivity index (χ2v) is 5.85. The highest BCUT2D eigenvalue weighted by Crippen LogP contribution is 2.33. The van der Waals surface area contributed by atoms with E-state index in [1.165, 1.54) is 6.07 Å². The van der Waals surface area contributed by atoms with Crippen molar-refractivity contribution >= 4 is 11.3 Å². The summed E-state index contributed by atoms with van der Waals surface area (Å²) in [5.41, 5.74) is 0.552. The number of hydrogen-bond donors (Lipinski definition) is 1. The van der Waals surface area contributed by atoms with Crippen molar-refractivity contribution in [1.82, 2.24) is 10.2 Å². The maximum absolute atomic E-state index is 14.2. The highest BCUT2D eigenvalue weighted by Gasteiger charge is 2.27. The third-order valence-electron chi connectivity index (χ3n) is 3.59. The van der Waals surface area contributed by atoms with Gasteiger partial charge in [-0.15, -0.1) is 11.3 Å². The Morgan fingerprint density at radius 1 is 1.15 bits per heavy atom. The van der Waals surface area contributed by atoms with E-state index in [9.17, 15) is 8.78 Å². The summed E-state index contributed by atoms with van der Waals surface area (Å²) in [4.78, 5) is 3.34. The molecule has 2 aromatic rings. The molecular weight excluding hydrogens is 278 g/mol. The lowest BCUT2D eigenvalue weighted by molar-refractivity contribution is 0.197. The van der Waals surface area contributed by atoms with E-state index < -0.39 is 11.6 Å². The van der Waals surface area contributed by atoms with E-state index in [0.717, 1.165) is 37.1 Å². The van der Waals surface area contributed by atoms with Crippen LogP contribution in [0.1, 0.15) is 16.5 Å². The Kier molecular flexibility index (Phi) is 4.10. The van der Waals surface area contributed by atoms with Crippen LogP contribution in [0.3, 0.4) is 0 Å². The van der Waals surface area contributed by atoms with E-state index in [1.54, 1.807) is 17.4 Å². The predicted molar refractivity (Wildman–Crippen MR) is 77.0 cm³/mol. The molecule has 1 atom stereocenters. The van der Waals surface area contributed by atoms with Crippen molar-refractivity contribution in [1.29, 1.82) is 0 Å². The molecule has 0 saturated carbocycles. The SMILES string of the molecule is Fc1ccc([C@@H](c2cccs2)N2CCNCC2)c(F)c1. The van der Waals surface area contributed by atoms with Crippen LogP contribution < -0.4 is 5.32 Å². The standard InChI is InChI=1S/C15H16F2N2S/c16-11-3-4-12(13(17)10-11)15(14-2-1-9-20-14)19-7-5-18-6-8-19/h1-4,9-10,15,18H,5-8H2/t15-/m0/s1. The predicted octanol–water partition coefficient (Wildman–Crippen LogP) is 3.02. The molecule has 1 fully saturated rings. The molecule has 1 aliphatic heterocycles. The topological polar surface area (TPSA) is 15.3 Å². The Morgan fingerprint density at radius 2 is 1.95 bits per heavy atom. The smallest absolute Gasteiger partial charge is 0.131 e. The maximum Gasteiger partial charge on any atom is 0.131 e. The van der Waals surface area contributed by atoms with Gasteiger partial charge < -0.3 is 5.32 Å². The number of rotatable bonds is 3. The summed E-state index contributed by atoms with van der Waals surface area (Å²) < 4.78 is 27.3. The average Bonchev–Trinajstić information content (AvgIpc) is 2.97. The van der Waals surface area contributed by atoms with E-state index in [-0.39, 0.29) is 6.04 Å². The van der Waals surface area contributed by atoms with Crippen molar-refractivity contribution < 1.29 is 8.78 Å². The van der Waals surface area contributed by atoms with Crippen LogP contribution in [-0.2, 0) is 0 Å². The minimum Gasteiger partial charge on any atom is -0.314 e. The summed E-state index contributed by atoms with van der Waals surface area (Å²) >= 11 is 1.61. The molecule has 0 aliphatic carbocycles. The molecule has 2 nitrogen and oxygen atoms in total. The fourth-order valence-electron chi connectivity index (χ4n) is 2.64. The molecule has 0 amide bonds. The summed E-state index contributed by atoms with van der Waals surface area (Å²) in [6, 6.07) is 7.73. The van der Waals surface area contributed by atoms with Gasteiger partial charge in [0.05, 0.1) is 6.04 Å². The summed E-state index contributed by atoms with van der Waals surface area (Å²) in [6.07, 6.45) is 0. The zero-order chi connectivity index (χ0) is 13.9. The van der Waals surface area contributed by atoms with Crippen LogP contribution in [0.15, 0.2) is 35.7 Å². The molecule has 106 valence electrons. The van der Waals surface area contributed by atoms with Crippen LogP contribution in [0.5, 0.6) is 0 Å². The number of thiophene rings is 1. The molecular formula is C15H16F2N2S. The summed E-state index contributed by atoms with van der Waals surface area (Å²) in [6.45, 7) is 3.51. The molecule has 1 aromatic carbocycles. The van der Waals surface area contributed by atoms with Gasteiger partial charge in [0.25, 0.3) is 0 Å². The Balaban J connectivity index is 2.00. The second kappa shape index (κ2) is 5.99. The molecule has 3 rings (SSSR count). The number of piperazine rings is 1. The van der Waals surface area contributed by atoms with Crippen molar-refractivity contribution in [2.24, 2.45) is 0 Å². The van der Waals surface area contributed by atoms with E-state index in [0.29, 0.717) is 5.56 Å². The first-order valence-electron chi connectivity index (χ1n) is 6.69. The fourth-order valence-corrected chi connectivity index (χ4v) is 3.52. The lowest BCUT2D eigenvalue weighted by atomic mass is 10.0. The fraction of sp³-hybridized carbons (Fsp3) is 0.333. The van der Waals surface area contributed by atoms with Crippen LogP contribution in [0.2, 0.25) is 0 Å². The van der Waals surface area contributed by atoms with E-state index in [2.05, 4.69) is 10.2 Å². The minimum absolute atomic E-state index is 0.127. The van der Waals surface area contributed by atoms with Gasteiger partial charge in [0.15, 0.2) is 0 Å². The lowest BCUT2D eigenvalue weighted by Crippen LogP contribution is -2.45. The molecule has 1 N–H and O–H groups in total. The van der Waals surface area contributed by atoms with Gasteiger partial charge in [-0.3, -0.25) is 4.90 Å². The molecule has 0 radical (unpaired) electrons. The molecule has 1 aromatic heterocycles. The molecule has 0 unspecified atom stereocenters. The van der Waals surface area contributed by atoms with Gasteiger partial charge in [-0.25, -0.2) is 8.78 Å². The zero-order valence-corrected chi connectivity index (χ0v) is 11.8. The van der Waals surface area contributed by atoms with Gasteiger partial charge >= 0.3 is 0 Å². The van der Waals surface area contributed by atoms with Crippen molar-refractivity contribution in [2.75, 3.05) is 26.2 Å². The first kappa shape index (κ1) is 13.7. The normalized spacial score (nSPS) is 18.1. The van der Waals surface area contributed by atoms with Crippen LogP contribution in [-0.4, -0.2) is 31.1 Å². The van der Waals surface area contributed by atoms with Crippen molar-refractivity contribution in [3.05, 3.63) is 57.8 Å². The minimum atomic E-state index is -0.531. The number of nitrogens with one attached hydrogen (secondary N) is 1. The molecule has 2 heterocycles. The number of benzene rings is 1. The highest BCUT2D eigenvalue weighted by molar-refractivity contribution is 7.10. The van der Waals surface area contributed by atoms with E-state index in [4.69, 9.17) is 0 Å². The van der Waals surface area contributed by atoms with Crippen LogP contribution in [0.4, 0.5) is 8.78 Å². The third kappa shape index (κ3) is 2.75. The van der Waals surface area contributed by atoms with Crippen molar-refractivity contribution in [3.63, 3.8) is 0 Å². The van der Waals surface area contributed by atoms with Gasteiger partial charge in [-0.1, -0.05) is 12.1 Å².